The molecule has 2 rings (SSSR count). The quantitative estimate of drug-likeness (QED) is 0.705. The Labute approximate surface area is 165 Å². The van der Waals surface area contributed by atoms with E-state index in [1.165, 1.54) is 16.7 Å². The third-order valence-electron chi connectivity index (χ3n) is 4.55. The van der Waals surface area contributed by atoms with Crippen LogP contribution in [0.3, 0.4) is 0 Å². The topological polar surface area (TPSA) is 95.7 Å². The van der Waals surface area contributed by atoms with Crippen LogP contribution in [0.2, 0.25) is 0 Å². The van der Waals surface area contributed by atoms with Gasteiger partial charge in [-0.15, -0.1) is 11.8 Å². The van der Waals surface area contributed by atoms with E-state index in [2.05, 4.69) is 5.32 Å². The molecule has 1 aromatic rings. The van der Waals surface area contributed by atoms with Crippen molar-refractivity contribution in [3.05, 3.63) is 35.9 Å². The fourth-order valence-electron chi connectivity index (χ4n) is 3.20. The van der Waals surface area contributed by atoms with E-state index in [0.29, 0.717) is 12.3 Å². The zero-order chi connectivity index (χ0) is 20.4. The number of aliphatic hydroxyl groups is 1. The Hall–Kier alpha value is -1.57. The van der Waals surface area contributed by atoms with E-state index in [-0.39, 0.29) is 5.91 Å². The summed E-state index contributed by atoms with van der Waals surface area (Å²) >= 11 is 1.52. The second-order valence-corrected chi connectivity index (χ2v) is 10.2. The molecule has 1 saturated heterocycles. The predicted octanol–water partition coefficient (Wildman–Crippen LogP) is 1.51. The van der Waals surface area contributed by atoms with Gasteiger partial charge in [-0.3, -0.25) is 9.59 Å². The average Bonchev–Trinajstić information content (AvgIpc) is 2.88. The highest BCUT2D eigenvalue weighted by Gasteiger charge is 2.49. The third-order valence-corrected chi connectivity index (χ3v) is 5.92. The summed E-state index contributed by atoms with van der Waals surface area (Å²) in [5.74, 6) is -0.358. The maximum Gasteiger partial charge on any atom is 0.254 e. The molecular weight excluding hydrogens is 362 g/mol. The number of rotatable bonds is 5. The summed E-state index contributed by atoms with van der Waals surface area (Å²) < 4.78 is -0.450. The number of amides is 2. The molecule has 27 heavy (non-hydrogen) atoms. The fourth-order valence-corrected chi connectivity index (χ4v) is 4.34. The molecule has 0 saturated carbocycles. The van der Waals surface area contributed by atoms with E-state index >= 15 is 0 Å². The molecule has 0 bridgehead atoms. The van der Waals surface area contributed by atoms with Crippen LogP contribution in [0.15, 0.2) is 30.3 Å². The number of carbonyl (C=O) groups is 2. The summed E-state index contributed by atoms with van der Waals surface area (Å²) in [7, 11) is 0. The Kier molecular flexibility index (Phi) is 6.60. The second kappa shape index (κ2) is 8.20. The van der Waals surface area contributed by atoms with Gasteiger partial charge in [-0.2, -0.15) is 0 Å². The lowest BCUT2D eigenvalue weighted by molar-refractivity contribution is -0.147. The fraction of sp³-hybridized carbons (Fsp3) is 0.600. The first-order valence-electron chi connectivity index (χ1n) is 9.16. The molecule has 0 spiro atoms. The minimum Gasteiger partial charge on any atom is -0.382 e. The molecule has 150 valence electrons. The van der Waals surface area contributed by atoms with Crippen LogP contribution < -0.4 is 11.1 Å². The number of nitrogens with two attached hydrogens (primary N) is 1. The Balaban J connectivity index is 2.13. The van der Waals surface area contributed by atoms with Crippen LogP contribution in [-0.2, 0) is 16.0 Å². The van der Waals surface area contributed by atoms with Crippen LogP contribution in [-0.4, -0.2) is 56.2 Å². The smallest absolute Gasteiger partial charge is 0.254 e. The van der Waals surface area contributed by atoms with E-state index in [0.717, 1.165) is 5.56 Å². The van der Waals surface area contributed by atoms with Crippen LogP contribution >= 0.6 is 11.8 Å². The van der Waals surface area contributed by atoms with E-state index in [1.54, 1.807) is 0 Å². The number of thioether (sulfide) groups is 1. The molecule has 0 aromatic heterocycles. The molecule has 6 nitrogen and oxygen atoms in total. The molecule has 7 heteroatoms. The number of hydrogen-bond acceptors (Lipinski definition) is 5. The van der Waals surface area contributed by atoms with Crippen LogP contribution in [0.1, 0.15) is 40.2 Å². The van der Waals surface area contributed by atoms with Gasteiger partial charge in [0, 0.05) is 16.3 Å². The summed E-state index contributed by atoms with van der Waals surface area (Å²) in [5.41, 5.74) is 6.65. The van der Waals surface area contributed by atoms with Gasteiger partial charge in [0.05, 0.1) is 5.88 Å². The molecule has 2 amide bonds. The van der Waals surface area contributed by atoms with Crippen LogP contribution in [0.4, 0.5) is 0 Å². The van der Waals surface area contributed by atoms with Gasteiger partial charge in [-0.05, 0) is 46.6 Å². The largest absolute Gasteiger partial charge is 0.382 e. The summed E-state index contributed by atoms with van der Waals surface area (Å²) in [6, 6.07) is 8.11. The molecular formula is C20H31N3O3S. The van der Waals surface area contributed by atoms with Crippen molar-refractivity contribution in [2.24, 2.45) is 5.73 Å². The van der Waals surface area contributed by atoms with Crippen molar-refractivity contribution in [2.45, 2.75) is 69.5 Å². The number of nitrogens with one attached hydrogen (secondary N) is 1. The zero-order valence-corrected chi connectivity index (χ0v) is 17.5. The number of aliphatic hydroxyl groups excluding tert-OH is 1. The second-order valence-electron chi connectivity index (χ2n) is 8.63. The lowest BCUT2D eigenvalue weighted by Crippen LogP contribution is -2.59. The Morgan fingerprint density at radius 2 is 1.93 bits per heavy atom. The number of benzene rings is 1. The van der Waals surface area contributed by atoms with E-state index in [9.17, 15) is 14.7 Å². The van der Waals surface area contributed by atoms with E-state index in [4.69, 9.17) is 5.73 Å². The first kappa shape index (κ1) is 21.7. The van der Waals surface area contributed by atoms with Gasteiger partial charge in [0.15, 0.2) is 0 Å². The number of carbonyl (C=O) groups excluding carboxylic acids is 2. The van der Waals surface area contributed by atoms with Crippen molar-refractivity contribution < 1.29 is 14.7 Å². The molecule has 1 aliphatic rings. The summed E-state index contributed by atoms with van der Waals surface area (Å²) in [4.78, 5) is 27.3. The molecule has 0 radical (unpaired) electrons. The zero-order valence-electron chi connectivity index (χ0n) is 16.7. The molecule has 0 aliphatic carbocycles. The van der Waals surface area contributed by atoms with Crippen LogP contribution in [0, 0.1) is 0 Å². The number of nitrogens with zero attached hydrogens (tertiary/aromatic N) is 1. The Morgan fingerprint density at radius 3 is 2.48 bits per heavy atom. The van der Waals surface area contributed by atoms with Crippen molar-refractivity contribution in [2.75, 3.05) is 5.88 Å². The van der Waals surface area contributed by atoms with Crippen molar-refractivity contribution in [1.82, 2.24) is 10.2 Å². The third kappa shape index (κ3) is 5.46. The van der Waals surface area contributed by atoms with Gasteiger partial charge in [0.25, 0.3) is 5.91 Å². The molecule has 1 fully saturated rings. The molecule has 4 N–H and O–H groups in total. The van der Waals surface area contributed by atoms with E-state index in [1.807, 2.05) is 65.0 Å². The van der Waals surface area contributed by atoms with Gasteiger partial charge in [-0.1, -0.05) is 30.3 Å². The lowest BCUT2D eigenvalue weighted by Gasteiger charge is -2.34. The monoisotopic (exact) mass is 393 g/mol. The summed E-state index contributed by atoms with van der Waals surface area (Å²) in [6.45, 7) is 9.58. The highest BCUT2D eigenvalue weighted by molar-refractivity contribution is 8.00. The Bertz CT molecular complexity index is 673. The minimum atomic E-state index is -1.36. The standard InChI is InChI=1S/C20H31N3O3S/c1-19(2,3)22-17(25)16-20(4,5)27-12-23(16)18(26)15(24)14(21)11-13-9-7-6-8-10-13/h6-10,14-16,24H,11-12,21H2,1-5H3,(H,22,25)/t14-,15-,16-/m0/s1. The molecule has 0 unspecified atom stereocenters. The van der Waals surface area contributed by atoms with Crippen molar-refractivity contribution in [3.63, 3.8) is 0 Å². The maximum absolute atomic E-state index is 12.9. The Morgan fingerprint density at radius 1 is 1.33 bits per heavy atom. The lowest BCUT2D eigenvalue weighted by atomic mass is 9.97. The molecule has 1 heterocycles. The van der Waals surface area contributed by atoms with Crippen molar-refractivity contribution in [1.29, 1.82) is 0 Å². The van der Waals surface area contributed by atoms with Gasteiger partial charge < -0.3 is 21.1 Å². The molecule has 1 aromatic carbocycles. The van der Waals surface area contributed by atoms with Gasteiger partial charge >= 0.3 is 0 Å². The van der Waals surface area contributed by atoms with Crippen LogP contribution in [0.5, 0.6) is 0 Å². The molecule has 1 aliphatic heterocycles. The SMILES string of the molecule is CC(C)(C)NC(=O)[C@@H]1N(C(=O)[C@@H](O)[C@@H](N)Cc2ccccc2)CSC1(C)C. The maximum atomic E-state index is 12.9. The molecule has 3 atom stereocenters. The van der Waals surface area contributed by atoms with Gasteiger partial charge in [0.2, 0.25) is 5.91 Å². The van der Waals surface area contributed by atoms with Crippen molar-refractivity contribution in [3.8, 4) is 0 Å². The van der Waals surface area contributed by atoms with Crippen molar-refractivity contribution >= 4 is 23.6 Å². The summed E-state index contributed by atoms with van der Waals surface area (Å²) in [5, 5.41) is 13.5. The highest BCUT2D eigenvalue weighted by Crippen LogP contribution is 2.40. The number of hydrogen-bond donors (Lipinski definition) is 3. The highest BCUT2D eigenvalue weighted by atomic mass is 32.2. The average molecular weight is 394 g/mol. The minimum absolute atomic E-state index is 0.213. The van der Waals surface area contributed by atoms with Gasteiger partial charge in [0.1, 0.15) is 12.1 Å². The van der Waals surface area contributed by atoms with E-state index < -0.39 is 34.4 Å². The first-order chi connectivity index (χ1) is 12.4. The van der Waals surface area contributed by atoms with Crippen LogP contribution in [0.25, 0.3) is 0 Å². The normalized spacial score (nSPS) is 21.6. The first-order valence-corrected chi connectivity index (χ1v) is 10.1. The summed E-state index contributed by atoms with van der Waals surface area (Å²) in [6.07, 6.45) is -0.971. The predicted molar refractivity (Wildman–Crippen MR) is 109 cm³/mol. The van der Waals surface area contributed by atoms with Gasteiger partial charge in [-0.25, -0.2) is 0 Å².